The summed E-state index contributed by atoms with van der Waals surface area (Å²) in [6, 6.07) is 9.88. The Hall–Kier alpha value is -1.79. The van der Waals surface area contributed by atoms with Gasteiger partial charge < -0.3 is 24.8 Å². The van der Waals surface area contributed by atoms with E-state index in [4.69, 9.17) is 14.2 Å². The van der Waals surface area contributed by atoms with Crippen LogP contribution in [0.1, 0.15) is 25.7 Å². The van der Waals surface area contributed by atoms with Crippen LogP contribution in [-0.2, 0) is 9.47 Å². The lowest BCUT2D eigenvalue weighted by Gasteiger charge is -2.21. The first kappa shape index (κ1) is 20.5. The minimum absolute atomic E-state index is 0.671. The molecule has 0 aromatic heterocycles. The highest BCUT2D eigenvalue weighted by Gasteiger charge is 2.13. The smallest absolute Gasteiger partial charge is 0.190 e. The van der Waals surface area contributed by atoms with Crippen molar-refractivity contribution in [2.75, 3.05) is 53.2 Å². The second-order valence-electron chi connectivity index (χ2n) is 6.43. The molecule has 2 N–H and O–H groups in total. The number of rotatable bonds is 11. The van der Waals surface area contributed by atoms with Gasteiger partial charge in [-0.3, -0.25) is 4.99 Å². The molecule has 0 spiro atoms. The highest BCUT2D eigenvalue weighted by Crippen LogP contribution is 2.14. The third kappa shape index (κ3) is 9.06. The van der Waals surface area contributed by atoms with Crippen molar-refractivity contribution in [3.8, 4) is 5.75 Å². The van der Waals surface area contributed by atoms with Crippen LogP contribution < -0.4 is 15.4 Å². The quantitative estimate of drug-likeness (QED) is 0.359. The number of para-hydroxylation sites is 1. The zero-order valence-corrected chi connectivity index (χ0v) is 15.9. The second kappa shape index (κ2) is 13.4. The number of guanidine groups is 1. The van der Waals surface area contributed by atoms with Crippen LogP contribution in [-0.4, -0.2) is 59.1 Å². The van der Waals surface area contributed by atoms with E-state index in [9.17, 15) is 0 Å². The average Bonchev–Trinajstić information content (AvgIpc) is 2.70. The molecule has 0 atom stereocenters. The van der Waals surface area contributed by atoms with Crippen molar-refractivity contribution in [3.63, 3.8) is 0 Å². The molecule has 1 fully saturated rings. The topological polar surface area (TPSA) is 64.1 Å². The molecule has 0 saturated carbocycles. The zero-order chi connectivity index (χ0) is 18.3. The Kier molecular flexibility index (Phi) is 10.6. The number of benzene rings is 1. The molecular weight excluding hydrogens is 330 g/mol. The Morgan fingerprint density at radius 3 is 2.46 bits per heavy atom. The van der Waals surface area contributed by atoms with Gasteiger partial charge in [-0.2, -0.15) is 0 Å². The summed E-state index contributed by atoms with van der Waals surface area (Å²) in [6.45, 7) is 5.78. The van der Waals surface area contributed by atoms with E-state index >= 15 is 0 Å². The van der Waals surface area contributed by atoms with E-state index in [1.54, 1.807) is 7.05 Å². The van der Waals surface area contributed by atoms with Gasteiger partial charge >= 0.3 is 0 Å². The van der Waals surface area contributed by atoms with E-state index in [2.05, 4.69) is 15.6 Å². The maximum absolute atomic E-state index is 5.77. The SMILES string of the molecule is CN=C(NCCCOCC1CCOCC1)NCCCOc1ccccc1. The number of hydrogen-bond acceptors (Lipinski definition) is 4. The molecule has 0 bridgehead atoms. The molecule has 1 aromatic rings. The van der Waals surface area contributed by atoms with Crippen molar-refractivity contribution in [1.29, 1.82) is 0 Å². The van der Waals surface area contributed by atoms with E-state index in [1.807, 2.05) is 30.3 Å². The Morgan fingerprint density at radius 2 is 1.77 bits per heavy atom. The molecule has 26 heavy (non-hydrogen) atoms. The monoisotopic (exact) mass is 363 g/mol. The average molecular weight is 364 g/mol. The lowest BCUT2D eigenvalue weighted by atomic mass is 10.0. The highest BCUT2D eigenvalue weighted by atomic mass is 16.5. The lowest BCUT2D eigenvalue weighted by Crippen LogP contribution is -2.38. The minimum atomic E-state index is 0.671. The standard InChI is InChI=1S/C20H33N3O3/c1-21-20(23-12-6-14-26-19-7-3-2-4-8-19)22-11-5-13-25-17-18-9-15-24-16-10-18/h2-4,7-8,18H,5-6,9-17H2,1H3,(H2,21,22,23). The summed E-state index contributed by atoms with van der Waals surface area (Å²) in [7, 11) is 1.79. The fourth-order valence-corrected chi connectivity index (χ4v) is 2.75. The molecule has 1 heterocycles. The molecule has 0 aliphatic carbocycles. The largest absolute Gasteiger partial charge is 0.494 e. The maximum atomic E-state index is 5.77. The van der Waals surface area contributed by atoms with E-state index in [-0.39, 0.29) is 0 Å². The summed E-state index contributed by atoms with van der Waals surface area (Å²) in [5.41, 5.74) is 0. The summed E-state index contributed by atoms with van der Waals surface area (Å²) in [6.07, 6.45) is 4.15. The van der Waals surface area contributed by atoms with Gasteiger partial charge in [-0.05, 0) is 43.7 Å². The van der Waals surface area contributed by atoms with Crippen LogP contribution in [0.3, 0.4) is 0 Å². The maximum Gasteiger partial charge on any atom is 0.190 e. The summed E-state index contributed by atoms with van der Waals surface area (Å²) in [5.74, 6) is 2.41. The van der Waals surface area contributed by atoms with Crippen LogP contribution in [0.2, 0.25) is 0 Å². The predicted molar refractivity (Wildman–Crippen MR) is 105 cm³/mol. The van der Waals surface area contributed by atoms with Gasteiger partial charge in [0, 0.05) is 46.6 Å². The summed E-state index contributed by atoms with van der Waals surface area (Å²) in [4.78, 5) is 4.23. The van der Waals surface area contributed by atoms with Crippen LogP contribution in [0.15, 0.2) is 35.3 Å². The Bertz CT molecular complexity index is 490. The van der Waals surface area contributed by atoms with Crippen molar-refractivity contribution in [3.05, 3.63) is 30.3 Å². The van der Waals surface area contributed by atoms with Crippen LogP contribution >= 0.6 is 0 Å². The summed E-state index contributed by atoms with van der Waals surface area (Å²) >= 11 is 0. The third-order valence-corrected chi connectivity index (χ3v) is 4.30. The Balaban J connectivity index is 1.42. The number of ether oxygens (including phenoxy) is 3. The molecule has 1 aliphatic heterocycles. The van der Waals surface area contributed by atoms with E-state index in [0.717, 1.165) is 76.9 Å². The molecule has 1 aromatic carbocycles. The highest BCUT2D eigenvalue weighted by molar-refractivity contribution is 5.79. The predicted octanol–water partition coefficient (Wildman–Crippen LogP) is 2.45. The van der Waals surface area contributed by atoms with Crippen molar-refractivity contribution < 1.29 is 14.2 Å². The van der Waals surface area contributed by atoms with Gasteiger partial charge in [-0.1, -0.05) is 18.2 Å². The summed E-state index contributed by atoms with van der Waals surface area (Å²) < 4.78 is 16.8. The van der Waals surface area contributed by atoms with Crippen molar-refractivity contribution in [1.82, 2.24) is 10.6 Å². The van der Waals surface area contributed by atoms with Gasteiger partial charge in [-0.15, -0.1) is 0 Å². The van der Waals surface area contributed by atoms with Gasteiger partial charge in [0.25, 0.3) is 0 Å². The molecule has 146 valence electrons. The number of aliphatic imine (C=N–C) groups is 1. The van der Waals surface area contributed by atoms with Gasteiger partial charge in [0.1, 0.15) is 5.75 Å². The van der Waals surface area contributed by atoms with Crippen LogP contribution in [0.4, 0.5) is 0 Å². The van der Waals surface area contributed by atoms with Crippen LogP contribution in [0, 0.1) is 5.92 Å². The molecule has 1 aliphatic rings. The van der Waals surface area contributed by atoms with E-state index in [1.165, 1.54) is 0 Å². The molecule has 6 nitrogen and oxygen atoms in total. The molecule has 0 unspecified atom stereocenters. The number of nitrogens with zero attached hydrogens (tertiary/aromatic N) is 1. The molecular formula is C20H33N3O3. The van der Waals surface area contributed by atoms with E-state index in [0.29, 0.717) is 12.5 Å². The summed E-state index contributed by atoms with van der Waals surface area (Å²) in [5, 5.41) is 6.62. The van der Waals surface area contributed by atoms with Gasteiger partial charge in [0.2, 0.25) is 0 Å². The minimum Gasteiger partial charge on any atom is -0.494 e. The van der Waals surface area contributed by atoms with Crippen molar-refractivity contribution in [2.24, 2.45) is 10.9 Å². The molecule has 0 radical (unpaired) electrons. The molecule has 1 saturated heterocycles. The van der Waals surface area contributed by atoms with Gasteiger partial charge in [0.15, 0.2) is 5.96 Å². The first-order chi connectivity index (χ1) is 12.9. The van der Waals surface area contributed by atoms with Crippen molar-refractivity contribution in [2.45, 2.75) is 25.7 Å². The molecule has 0 amide bonds. The lowest BCUT2D eigenvalue weighted by molar-refractivity contribution is 0.0203. The van der Waals surface area contributed by atoms with Gasteiger partial charge in [-0.25, -0.2) is 0 Å². The van der Waals surface area contributed by atoms with Crippen LogP contribution in [0.25, 0.3) is 0 Å². The van der Waals surface area contributed by atoms with E-state index < -0.39 is 0 Å². The molecule has 2 rings (SSSR count). The van der Waals surface area contributed by atoms with Crippen LogP contribution in [0.5, 0.6) is 5.75 Å². The number of hydrogen-bond donors (Lipinski definition) is 2. The first-order valence-electron chi connectivity index (χ1n) is 9.66. The first-order valence-corrected chi connectivity index (χ1v) is 9.66. The normalized spacial score (nSPS) is 15.7. The zero-order valence-electron chi connectivity index (χ0n) is 15.9. The Morgan fingerprint density at radius 1 is 1.08 bits per heavy atom. The third-order valence-electron chi connectivity index (χ3n) is 4.30. The van der Waals surface area contributed by atoms with Gasteiger partial charge in [0.05, 0.1) is 6.61 Å². The fraction of sp³-hybridized carbons (Fsp3) is 0.650. The fourth-order valence-electron chi connectivity index (χ4n) is 2.75. The molecule has 6 heteroatoms. The van der Waals surface area contributed by atoms with Crippen molar-refractivity contribution >= 4 is 5.96 Å². The second-order valence-corrected chi connectivity index (χ2v) is 6.43. The number of nitrogens with one attached hydrogen (secondary N) is 2. The Labute approximate surface area is 157 Å².